The van der Waals surface area contributed by atoms with Crippen LogP contribution < -0.4 is 10.6 Å². The number of nitrogens with two attached hydrogens (primary N) is 1. The molecule has 1 aliphatic heterocycles. The van der Waals surface area contributed by atoms with E-state index in [4.69, 9.17) is 5.73 Å². The summed E-state index contributed by atoms with van der Waals surface area (Å²) in [5.41, 5.74) is 11.0. The lowest BCUT2D eigenvalue weighted by atomic mass is 10.0. The van der Waals surface area contributed by atoms with E-state index in [1.54, 1.807) is 0 Å². The molecule has 3 rings (SSSR count). The van der Waals surface area contributed by atoms with Crippen molar-refractivity contribution in [1.82, 2.24) is 0 Å². The largest absolute Gasteiger partial charge is 0.369 e. The number of hydrogen-bond acceptors (Lipinski definition) is 3. The minimum absolute atomic E-state index is 0.191. The molecule has 20 heavy (non-hydrogen) atoms. The summed E-state index contributed by atoms with van der Waals surface area (Å²) >= 11 is 0. The third kappa shape index (κ3) is 2.16. The van der Waals surface area contributed by atoms with Crippen molar-refractivity contribution in [2.75, 3.05) is 11.4 Å². The van der Waals surface area contributed by atoms with Crippen LogP contribution in [0.2, 0.25) is 0 Å². The molecule has 0 radical (unpaired) electrons. The monoisotopic (exact) mass is 265 g/mol. The van der Waals surface area contributed by atoms with Gasteiger partial charge in [-0.15, -0.1) is 0 Å². The maximum Gasteiger partial charge on any atom is 0.196 e. The highest BCUT2D eigenvalue weighted by atomic mass is 15.3. The van der Waals surface area contributed by atoms with Gasteiger partial charge in [-0.3, -0.25) is 4.99 Å². The van der Waals surface area contributed by atoms with E-state index in [0.717, 1.165) is 5.69 Å². The average Bonchev–Trinajstić information content (AvgIpc) is 2.81. The fourth-order valence-electron chi connectivity index (χ4n) is 2.75. The summed E-state index contributed by atoms with van der Waals surface area (Å²) in [6.45, 7) is 4.93. The van der Waals surface area contributed by atoms with Crippen molar-refractivity contribution in [2.24, 2.45) is 10.7 Å². The van der Waals surface area contributed by atoms with Crippen LogP contribution in [-0.4, -0.2) is 12.5 Å². The predicted molar refractivity (Wildman–Crippen MR) is 84.1 cm³/mol. The number of rotatable bonds is 2. The number of hydrogen-bond donors (Lipinski definition) is 1. The Bertz CT molecular complexity index is 661. The van der Waals surface area contributed by atoms with Crippen molar-refractivity contribution in [3.63, 3.8) is 0 Å². The van der Waals surface area contributed by atoms with Crippen LogP contribution in [0.15, 0.2) is 53.5 Å². The molecule has 0 spiro atoms. The van der Waals surface area contributed by atoms with Crippen LogP contribution in [-0.2, 0) is 0 Å². The average molecular weight is 265 g/mol. The van der Waals surface area contributed by atoms with Crippen molar-refractivity contribution in [1.29, 1.82) is 0 Å². The van der Waals surface area contributed by atoms with E-state index in [2.05, 4.69) is 60.1 Å². The molecule has 3 heteroatoms. The molecule has 1 unspecified atom stereocenters. The van der Waals surface area contributed by atoms with Crippen LogP contribution >= 0.6 is 0 Å². The van der Waals surface area contributed by atoms with Crippen LogP contribution in [0.4, 0.5) is 5.69 Å². The molecule has 0 aromatic heterocycles. The van der Waals surface area contributed by atoms with Crippen molar-refractivity contribution in [3.05, 3.63) is 65.2 Å². The standard InChI is InChI=1S/C17H19N3/c1-12-6-5-8-14(10-12)16-11-19-17(18)20(16)15-9-4-3-7-13(15)2/h3-10,16H,11H2,1-2H3,(H2,18,19). The molecule has 2 N–H and O–H groups in total. The van der Waals surface area contributed by atoms with Gasteiger partial charge >= 0.3 is 0 Å². The van der Waals surface area contributed by atoms with E-state index < -0.39 is 0 Å². The molecule has 1 aliphatic rings. The summed E-state index contributed by atoms with van der Waals surface area (Å²) in [7, 11) is 0. The summed E-state index contributed by atoms with van der Waals surface area (Å²) in [6.07, 6.45) is 0. The summed E-state index contributed by atoms with van der Waals surface area (Å²) in [4.78, 5) is 6.59. The lowest BCUT2D eigenvalue weighted by Gasteiger charge is -2.28. The van der Waals surface area contributed by atoms with E-state index in [9.17, 15) is 0 Å². The normalized spacial score (nSPS) is 18.2. The molecular weight excluding hydrogens is 246 g/mol. The van der Waals surface area contributed by atoms with Gasteiger partial charge in [0.15, 0.2) is 5.96 Å². The van der Waals surface area contributed by atoms with Gasteiger partial charge in [-0.25, -0.2) is 0 Å². The number of benzene rings is 2. The molecule has 0 amide bonds. The smallest absolute Gasteiger partial charge is 0.196 e. The Morgan fingerprint density at radius 3 is 2.65 bits per heavy atom. The van der Waals surface area contributed by atoms with Gasteiger partial charge in [-0.05, 0) is 31.0 Å². The second-order valence-corrected chi connectivity index (χ2v) is 5.29. The second kappa shape index (κ2) is 5.00. The van der Waals surface area contributed by atoms with Crippen molar-refractivity contribution >= 4 is 11.6 Å². The number of anilines is 1. The lowest BCUT2D eigenvalue weighted by molar-refractivity contribution is 0.766. The first-order chi connectivity index (χ1) is 9.66. The summed E-state index contributed by atoms with van der Waals surface area (Å²) < 4.78 is 0. The number of guanidine groups is 1. The molecule has 3 nitrogen and oxygen atoms in total. The van der Waals surface area contributed by atoms with Crippen molar-refractivity contribution in [2.45, 2.75) is 19.9 Å². The predicted octanol–water partition coefficient (Wildman–Crippen LogP) is 3.18. The molecule has 0 fully saturated rings. The first-order valence-electron chi connectivity index (χ1n) is 6.88. The van der Waals surface area contributed by atoms with Crippen molar-refractivity contribution < 1.29 is 0 Å². The maximum atomic E-state index is 6.12. The zero-order chi connectivity index (χ0) is 14.1. The Balaban J connectivity index is 2.03. The van der Waals surface area contributed by atoms with Crippen LogP contribution in [0, 0.1) is 13.8 Å². The van der Waals surface area contributed by atoms with Gasteiger partial charge in [0.2, 0.25) is 0 Å². The van der Waals surface area contributed by atoms with E-state index in [0.29, 0.717) is 12.5 Å². The number of aliphatic imine (C=N–C) groups is 1. The minimum atomic E-state index is 0.191. The Morgan fingerprint density at radius 1 is 1.10 bits per heavy atom. The molecule has 1 heterocycles. The lowest BCUT2D eigenvalue weighted by Crippen LogP contribution is -2.36. The van der Waals surface area contributed by atoms with Crippen molar-refractivity contribution in [3.8, 4) is 0 Å². The molecule has 0 bridgehead atoms. The van der Waals surface area contributed by atoms with Gasteiger partial charge in [0.05, 0.1) is 12.6 Å². The van der Waals surface area contributed by atoms with Gasteiger partial charge in [0.1, 0.15) is 0 Å². The van der Waals surface area contributed by atoms with E-state index in [1.165, 1.54) is 16.7 Å². The molecule has 0 saturated carbocycles. The third-order valence-electron chi connectivity index (χ3n) is 3.79. The van der Waals surface area contributed by atoms with E-state index in [-0.39, 0.29) is 6.04 Å². The highest BCUT2D eigenvalue weighted by molar-refractivity contribution is 5.98. The minimum Gasteiger partial charge on any atom is -0.369 e. The Kier molecular flexibility index (Phi) is 3.18. The molecule has 2 aromatic rings. The highest BCUT2D eigenvalue weighted by Crippen LogP contribution is 2.33. The number of para-hydroxylation sites is 1. The first-order valence-corrected chi connectivity index (χ1v) is 6.88. The molecular formula is C17H19N3. The Hall–Kier alpha value is -2.29. The second-order valence-electron chi connectivity index (χ2n) is 5.29. The maximum absolute atomic E-state index is 6.12. The van der Waals surface area contributed by atoms with Crippen LogP contribution in [0.25, 0.3) is 0 Å². The van der Waals surface area contributed by atoms with Gasteiger partial charge in [0.25, 0.3) is 0 Å². The summed E-state index contributed by atoms with van der Waals surface area (Å²) in [5.74, 6) is 0.603. The summed E-state index contributed by atoms with van der Waals surface area (Å²) in [5, 5.41) is 0. The van der Waals surface area contributed by atoms with Crippen LogP contribution in [0.3, 0.4) is 0 Å². The van der Waals surface area contributed by atoms with Gasteiger partial charge in [0, 0.05) is 5.69 Å². The van der Waals surface area contributed by atoms with Crippen LogP contribution in [0.5, 0.6) is 0 Å². The van der Waals surface area contributed by atoms with E-state index >= 15 is 0 Å². The molecule has 0 aliphatic carbocycles. The quantitative estimate of drug-likeness (QED) is 0.906. The number of nitrogens with zero attached hydrogens (tertiary/aromatic N) is 2. The van der Waals surface area contributed by atoms with E-state index in [1.807, 2.05) is 12.1 Å². The Morgan fingerprint density at radius 2 is 1.90 bits per heavy atom. The zero-order valence-corrected chi connectivity index (χ0v) is 11.9. The van der Waals surface area contributed by atoms with Gasteiger partial charge < -0.3 is 10.6 Å². The molecule has 102 valence electrons. The van der Waals surface area contributed by atoms with Crippen LogP contribution in [0.1, 0.15) is 22.7 Å². The SMILES string of the molecule is Cc1cccc(C2CN=C(N)N2c2ccccc2C)c1. The molecule has 2 aromatic carbocycles. The topological polar surface area (TPSA) is 41.6 Å². The number of aryl methyl sites for hydroxylation is 2. The van der Waals surface area contributed by atoms with Gasteiger partial charge in [-0.1, -0.05) is 48.0 Å². The Labute approximate surface area is 119 Å². The molecule has 0 saturated heterocycles. The fraction of sp³-hybridized carbons (Fsp3) is 0.235. The molecule has 1 atom stereocenters. The fourth-order valence-corrected chi connectivity index (χ4v) is 2.75. The first kappa shape index (κ1) is 12.7. The zero-order valence-electron chi connectivity index (χ0n) is 11.9. The third-order valence-corrected chi connectivity index (χ3v) is 3.79. The highest BCUT2D eigenvalue weighted by Gasteiger charge is 2.29. The summed E-state index contributed by atoms with van der Waals surface area (Å²) in [6, 6.07) is 17.1. The van der Waals surface area contributed by atoms with Gasteiger partial charge in [-0.2, -0.15) is 0 Å².